The second-order valence-corrected chi connectivity index (χ2v) is 19.9. The smallest absolute Gasteiger partial charge is 0.306 e. The van der Waals surface area contributed by atoms with Gasteiger partial charge in [-0.2, -0.15) is 0 Å². The number of rotatable bonds is 54. The molecular weight excluding hydrogens is 865 g/mol. The van der Waals surface area contributed by atoms with Crippen LogP contribution in [0.3, 0.4) is 0 Å². The molecule has 0 bridgehead atoms. The van der Waals surface area contributed by atoms with Crippen molar-refractivity contribution in [2.75, 3.05) is 13.2 Å². The van der Waals surface area contributed by atoms with Gasteiger partial charge in [0.25, 0.3) is 0 Å². The molecule has 1 unspecified atom stereocenters. The van der Waals surface area contributed by atoms with E-state index in [1.807, 2.05) is 0 Å². The lowest BCUT2D eigenvalue weighted by molar-refractivity contribution is -0.167. The third-order valence-electron chi connectivity index (χ3n) is 12.9. The summed E-state index contributed by atoms with van der Waals surface area (Å²) in [6, 6.07) is 0. The van der Waals surface area contributed by atoms with Crippen LogP contribution in [0.25, 0.3) is 0 Å². The summed E-state index contributed by atoms with van der Waals surface area (Å²) in [6.45, 7) is 6.52. The molecule has 0 aliphatic heterocycles. The highest BCUT2D eigenvalue weighted by molar-refractivity contribution is 5.71. The number of allylic oxidation sites excluding steroid dienone is 12. The van der Waals surface area contributed by atoms with E-state index >= 15 is 0 Å². The van der Waals surface area contributed by atoms with Crippen LogP contribution in [-0.4, -0.2) is 37.2 Å². The van der Waals surface area contributed by atoms with Gasteiger partial charge in [0.2, 0.25) is 0 Å². The van der Waals surface area contributed by atoms with E-state index in [0.29, 0.717) is 19.3 Å². The van der Waals surface area contributed by atoms with Crippen LogP contribution in [0, 0.1) is 0 Å². The molecule has 0 saturated carbocycles. The van der Waals surface area contributed by atoms with Crippen molar-refractivity contribution < 1.29 is 28.6 Å². The van der Waals surface area contributed by atoms with E-state index < -0.39 is 6.10 Å². The monoisotopic (exact) mass is 977 g/mol. The summed E-state index contributed by atoms with van der Waals surface area (Å²) in [6.07, 6.45) is 74.7. The van der Waals surface area contributed by atoms with Gasteiger partial charge in [0.15, 0.2) is 6.10 Å². The zero-order valence-corrected chi connectivity index (χ0v) is 46.3. The second kappa shape index (κ2) is 58.4. The zero-order chi connectivity index (χ0) is 50.7. The Morgan fingerprint density at radius 3 is 0.871 bits per heavy atom. The maximum absolute atomic E-state index is 12.9. The fourth-order valence-corrected chi connectivity index (χ4v) is 8.47. The molecule has 0 aromatic rings. The highest BCUT2D eigenvalue weighted by atomic mass is 16.6. The minimum absolute atomic E-state index is 0.0774. The second-order valence-electron chi connectivity index (χ2n) is 19.9. The minimum Gasteiger partial charge on any atom is -0.462 e. The van der Waals surface area contributed by atoms with Crippen molar-refractivity contribution >= 4 is 17.9 Å². The molecule has 0 heterocycles. The molecular formula is C64H112O6. The average molecular weight is 978 g/mol. The van der Waals surface area contributed by atoms with Gasteiger partial charge in [-0.1, -0.05) is 261 Å². The van der Waals surface area contributed by atoms with E-state index in [1.165, 1.54) is 161 Å². The maximum atomic E-state index is 12.9. The molecule has 70 heavy (non-hydrogen) atoms. The molecule has 404 valence electrons. The fourth-order valence-electron chi connectivity index (χ4n) is 8.47. The minimum atomic E-state index is -0.779. The third-order valence-corrected chi connectivity index (χ3v) is 12.9. The summed E-state index contributed by atoms with van der Waals surface area (Å²) in [4.78, 5) is 38.1. The van der Waals surface area contributed by atoms with Crippen LogP contribution < -0.4 is 0 Å². The molecule has 6 nitrogen and oxygen atoms in total. The number of esters is 3. The normalized spacial score (nSPS) is 12.6. The van der Waals surface area contributed by atoms with Crippen LogP contribution in [0.15, 0.2) is 72.9 Å². The molecule has 0 amide bonds. The Morgan fingerprint density at radius 2 is 0.557 bits per heavy atom. The zero-order valence-electron chi connectivity index (χ0n) is 46.3. The Kier molecular flexibility index (Phi) is 55.8. The Bertz CT molecular complexity index is 1310. The number of carbonyl (C=O) groups is 3. The summed E-state index contributed by atoms with van der Waals surface area (Å²) in [7, 11) is 0. The maximum Gasteiger partial charge on any atom is 0.306 e. The van der Waals surface area contributed by atoms with Gasteiger partial charge in [0.1, 0.15) is 13.2 Å². The molecule has 0 aliphatic carbocycles. The van der Waals surface area contributed by atoms with Gasteiger partial charge in [-0.3, -0.25) is 14.4 Å². The van der Waals surface area contributed by atoms with E-state index in [1.54, 1.807) is 0 Å². The first-order valence-electron chi connectivity index (χ1n) is 29.9. The predicted octanol–water partition coefficient (Wildman–Crippen LogP) is 20.2. The largest absolute Gasteiger partial charge is 0.462 e. The molecule has 0 N–H and O–H groups in total. The molecule has 0 fully saturated rings. The Morgan fingerprint density at radius 1 is 0.300 bits per heavy atom. The summed E-state index contributed by atoms with van der Waals surface area (Å²) in [5.74, 6) is -0.881. The molecule has 0 spiro atoms. The van der Waals surface area contributed by atoms with Gasteiger partial charge in [0, 0.05) is 19.3 Å². The Labute approximate surface area is 433 Å². The molecule has 1 atom stereocenters. The van der Waals surface area contributed by atoms with E-state index in [4.69, 9.17) is 14.2 Å². The fraction of sp³-hybridized carbons (Fsp3) is 0.766. The van der Waals surface area contributed by atoms with Crippen LogP contribution in [0.1, 0.15) is 297 Å². The molecule has 0 aromatic carbocycles. The average Bonchev–Trinajstić information content (AvgIpc) is 3.36. The van der Waals surface area contributed by atoms with Gasteiger partial charge in [-0.25, -0.2) is 0 Å². The van der Waals surface area contributed by atoms with Crippen molar-refractivity contribution in [2.45, 2.75) is 303 Å². The van der Waals surface area contributed by atoms with Crippen LogP contribution in [0.2, 0.25) is 0 Å². The van der Waals surface area contributed by atoms with E-state index in [9.17, 15) is 14.4 Å². The van der Waals surface area contributed by atoms with Crippen molar-refractivity contribution in [2.24, 2.45) is 0 Å². The number of unbranched alkanes of at least 4 members (excludes halogenated alkanes) is 31. The summed E-state index contributed by atoms with van der Waals surface area (Å²) in [5.41, 5.74) is 0. The quantitative estimate of drug-likeness (QED) is 0.0261. The molecule has 6 heteroatoms. The van der Waals surface area contributed by atoms with E-state index in [2.05, 4.69) is 93.7 Å². The van der Waals surface area contributed by atoms with Crippen molar-refractivity contribution in [1.82, 2.24) is 0 Å². The molecule has 0 aliphatic rings. The molecule has 0 radical (unpaired) electrons. The van der Waals surface area contributed by atoms with Crippen molar-refractivity contribution in [3.05, 3.63) is 72.9 Å². The molecule has 0 aromatic heterocycles. The lowest BCUT2D eigenvalue weighted by Crippen LogP contribution is -2.30. The lowest BCUT2D eigenvalue weighted by Gasteiger charge is -2.18. The topological polar surface area (TPSA) is 78.9 Å². The molecule has 0 rings (SSSR count). The summed E-state index contributed by atoms with van der Waals surface area (Å²) < 4.78 is 16.9. The van der Waals surface area contributed by atoms with Gasteiger partial charge in [-0.15, -0.1) is 0 Å². The lowest BCUT2D eigenvalue weighted by atomic mass is 10.1. The van der Waals surface area contributed by atoms with Gasteiger partial charge in [0.05, 0.1) is 0 Å². The number of hydrogen-bond donors (Lipinski definition) is 0. The Hall–Kier alpha value is -3.15. The van der Waals surface area contributed by atoms with E-state index in [-0.39, 0.29) is 31.1 Å². The highest BCUT2D eigenvalue weighted by Crippen LogP contribution is 2.16. The number of hydrogen-bond acceptors (Lipinski definition) is 6. The number of ether oxygens (including phenoxy) is 3. The van der Waals surface area contributed by atoms with Crippen LogP contribution in [-0.2, 0) is 28.6 Å². The van der Waals surface area contributed by atoms with Gasteiger partial charge >= 0.3 is 17.9 Å². The van der Waals surface area contributed by atoms with Crippen LogP contribution in [0.5, 0.6) is 0 Å². The molecule has 0 saturated heterocycles. The van der Waals surface area contributed by atoms with Crippen LogP contribution >= 0.6 is 0 Å². The summed E-state index contributed by atoms with van der Waals surface area (Å²) in [5, 5.41) is 0. The first-order valence-corrected chi connectivity index (χ1v) is 29.9. The van der Waals surface area contributed by atoms with Gasteiger partial charge in [-0.05, 0) is 89.9 Å². The van der Waals surface area contributed by atoms with Crippen molar-refractivity contribution in [3.63, 3.8) is 0 Å². The standard InChI is InChI=1S/C64H112O6/c1-4-7-10-13-16-19-22-24-26-28-30-32-34-36-38-40-42-45-48-51-54-57-63(66)69-60-61(59-68-62(65)56-53-50-47-44-21-18-15-12-9-6-3)70-64(67)58-55-52-49-46-43-41-39-37-35-33-31-29-27-25-23-20-17-14-11-8-5-2/h7,10,16,19,23-26,29-32,61H,4-6,8-9,11-15,17-18,20-22,27-28,33-60H2,1-3H3/b10-7-,19-16-,25-23-,26-24-,31-29-,32-30-. The number of carbonyl (C=O) groups excluding carboxylic acids is 3. The Balaban J connectivity index is 4.30. The predicted molar refractivity (Wildman–Crippen MR) is 302 cm³/mol. The first kappa shape index (κ1) is 66.9. The highest BCUT2D eigenvalue weighted by Gasteiger charge is 2.19. The van der Waals surface area contributed by atoms with Gasteiger partial charge < -0.3 is 14.2 Å². The first-order chi connectivity index (χ1) is 34.5. The van der Waals surface area contributed by atoms with E-state index in [0.717, 1.165) is 96.3 Å². The van der Waals surface area contributed by atoms with Crippen molar-refractivity contribution in [3.8, 4) is 0 Å². The third kappa shape index (κ3) is 55.8. The van der Waals surface area contributed by atoms with Crippen molar-refractivity contribution in [1.29, 1.82) is 0 Å². The summed E-state index contributed by atoms with van der Waals surface area (Å²) >= 11 is 0. The van der Waals surface area contributed by atoms with Crippen LogP contribution in [0.4, 0.5) is 0 Å². The SMILES string of the molecule is CC/C=C\C/C=C\C/C=C\C/C=C\CCCCCCCCCCC(=O)OCC(COC(=O)CCCCCCCCCCCC)OC(=O)CCCCCCCCCCC/C=C\C/C=C\CCCCCCC.